The lowest BCUT2D eigenvalue weighted by Crippen LogP contribution is -2.21. The SMILES string of the molecule is CCOC(=O)CCCCCCCCCCN(O)CCCCCCC(C)(C)C#N. The summed E-state index contributed by atoms with van der Waals surface area (Å²) >= 11 is 0. The van der Waals surface area contributed by atoms with Crippen LogP contribution in [0.15, 0.2) is 0 Å². The monoisotopic (exact) mass is 396 g/mol. The number of hydrogen-bond acceptors (Lipinski definition) is 5. The summed E-state index contributed by atoms with van der Waals surface area (Å²) in [5.41, 5.74) is -0.203. The molecule has 28 heavy (non-hydrogen) atoms. The molecule has 5 nitrogen and oxygen atoms in total. The van der Waals surface area contributed by atoms with Gasteiger partial charge >= 0.3 is 5.97 Å². The Kier molecular flexibility index (Phi) is 17.2. The average molecular weight is 397 g/mol. The molecule has 0 rings (SSSR count). The van der Waals surface area contributed by atoms with E-state index in [0.29, 0.717) is 13.0 Å². The molecule has 0 fully saturated rings. The number of carbonyl (C=O) groups is 1. The van der Waals surface area contributed by atoms with Crippen LogP contribution in [0.25, 0.3) is 0 Å². The summed E-state index contributed by atoms with van der Waals surface area (Å²) in [7, 11) is 0. The largest absolute Gasteiger partial charge is 0.466 e. The molecule has 0 aliphatic rings. The van der Waals surface area contributed by atoms with Gasteiger partial charge < -0.3 is 9.94 Å². The minimum absolute atomic E-state index is 0.0704. The van der Waals surface area contributed by atoms with Crippen LogP contribution >= 0.6 is 0 Å². The Labute approximate surface area is 173 Å². The number of carbonyl (C=O) groups excluding carboxylic acids is 1. The van der Waals surface area contributed by atoms with Gasteiger partial charge in [0.1, 0.15) is 0 Å². The maximum Gasteiger partial charge on any atom is 0.305 e. The minimum Gasteiger partial charge on any atom is -0.466 e. The Bertz CT molecular complexity index is 419. The van der Waals surface area contributed by atoms with Gasteiger partial charge in [-0.15, -0.1) is 0 Å². The summed E-state index contributed by atoms with van der Waals surface area (Å²) in [4.78, 5) is 11.2. The molecule has 0 spiro atoms. The molecule has 0 aliphatic heterocycles. The van der Waals surface area contributed by atoms with Crippen LogP contribution in [0.4, 0.5) is 0 Å². The Morgan fingerprint density at radius 3 is 1.86 bits per heavy atom. The molecule has 1 N–H and O–H groups in total. The minimum atomic E-state index is -0.203. The number of unbranched alkanes of at least 4 members (excludes halogenated alkanes) is 10. The van der Waals surface area contributed by atoms with Crippen LogP contribution in [0.1, 0.15) is 111 Å². The summed E-state index contributed by atoms with van der Waals surface area (Å²) in [5, 5.41) is 20.4. The fourth-order valence-electron chi connectivity index (χ4n) is 3.24. The van der Waals surface area contributed by atoms with Gasteiger partial charge in [-0.05, 0) is 46.5 Å². The maximum atomic E-state index is 11.2. The van der Waals surface area contributed by atoms with E-state index in [9.17, 15) is 10.0 Å². The molecule has 0 atom stereocenters. The van der Waals surface area contributed by atoms with Gasteiger partial charge in [-0.2, -0.15) is 10.3 Å². The van der Waals surface area contributed by atoms with E-state index < -0.39 is 0 Å². The molecule has 0 aliphatic carbocycles. The lowest BCUT2D eigenvalue weighted by Gasteiger charge is -2.16. The standard InChI is InChI=1S/C23H44N2O3/c1-4-28-22(26)17-13-9-7-5-6-8-11-15-19-25(27)20-16-12-10-14-18-23(2,3)21-24/h27H,4-20H2,1-3H3. The summed E-state index contributed by atoms with van der Waals surface area (Å²) in [6, 6.07) is 2.34. The van der Waals surface area contributed by atoms with E-state index in [1.807, 2.05) is 20.8 Å². The highest BCUT2D eigenvalue weighted by Crippen LogP contribution is 2.22. The predicted octanol–water partition coefficient (Wildman–Crippen LogP) is 6.25. The molecule has 164 valence electrons. The van der Waals surface area contributed by atoms with Gasteiger partial charge in [0, 0.05) is 19.5 Å². The highest BCUT2D eigenvalue weighted by Gasteiger charge is 2.15. The van der Waals surface area contributed by atoms with Crippen molar-refractivity contribution < 1.29 is 14.7 Å². The molecule has 0 aromatic rings. The molecular weight excluding hydrogens is 352 g/mol. The van der Waals surface area contributed by atoms with Gasteiger partial charge in [0.05, 0.1) is 18.1 Å². The van der Waals surface area contributed by atoms with Gasteiger partial charge in [0.25, 0.3) is 0 Å². The second-order valence-electron chi connectivity index (χ2n) is 8.50. The van der Waals surface area contributed by atoms with Crippen LogP contribution in [-0.4, -0.2) is 35.9 Å². The molecule has 0 amide bonds. The quantitative estimate of drug-likeness (QED) is 0.159. The van der Waals surface area contributed by atoms with E-state index in [2.05, 4.69) is 6.07 Å². The number of rotatable bonds is 19. The highest BCUT2D eigenvalue weighted by molar-refractivity contribution is 5.69. The zero-order valence-electron chi connectivity index (χ0n) is 18.7. The number of esters is 1. The molecule has 0 saturated carbocycles. The zero-order valence-corrected chi connectivity index (χ0v) is 18.7. The average Bonchev–Trinajstić information content (AvgIpc) is 2.66. The Balaban J connectivity index is 3.30. The Morgan fingerprint density at radius 2 is 1.36 bits per heavy atom. The molecule has 5 heteroatoms. The smallest absolute Gasteiger partial charge is 0.305 e. The first-order valence-electron chi connectivity index (χ1n) is 11.4. The third-order valence-electron chi connectivity index (χ3n) is 5.12. The molecule has 0 unspecified atom stereocenters. The second kappa shape index (κ2) is 17.9. The normalized spacial score (nSPS) is 11.6. The Morgan fingerprint density at radius 1 is 0.893 bits per heavy atom. The van der Waals surface area contributed by atoms with Crippen molar-refractivity contribution in [3.8, 4) is 6.07 Å². The van der Waals surface area contributed by atoms with Gasteiger partial charge in [-0.3, -0.25) is 4.79 Å². The molecule has 0 saturated heterocycles. The van der Waals surface area contributed by atoms with Crippen LogP contribution in [0.2, 0.25) is 0 Å². The van der Waals surface area contributed by atoms with E-state index in [1.54, 1.807) is 0 Å². The fraction of sp³-hybridized carbons (Fsp3) is 0.913. The predicted molar refractivity (Wildman–Crippen MR) is 114 cm³/mol. The lowest BCUT2D eigenvalue weighted by atomic mass is 9.89. The summed E-state index contributed by atoms with van der Waals surface area (Å²) in [6.07, 6.45) is 15.0. The molecule has 0 aromatic carbocycles. The number of hydrogen-bond donors (Lipinski definition) is 1. The molecule has 0 aromatic heterocycles. The zero-order chi connectivity index (χ0) is 21.1. The number of nitriles is 1. The van der Waals surface area contributed by atoms with Crippen molar-refractivity contribution in [2.75, 3.05) is 19.7 Å². The first-order valence-corrected chi connectivity index (χ1v) is 11.4. The van der Waals surface area contributed by atoms with Crippen LogP contribution in [-0.2, 0) is 9.53 Å². The first-order chi connectivity index (χ1) is 13.4. The van der Waals surface area contributed by atoms with E-state index >= 15 is 0 Å². The maximum absolute atomic E-state index is 11.2. The van der Waals surface area contributed by atoms with E-state index in [-0.39, 0.29) is 11.4 Å². The molecule has 0 heterocycles. The van der Waals surface area contributed by atoms with Gasteiger partial charge in [-0.25, -0.2) is 0 Å². The molecule has 0 bridgehead atoms. The fourth-order valence-corrected chi connectivity index (χ4v) is 3.24. The van der Waals surface area contributed by atoms with E-state index in [0.717, 1.165) is 64.5 Å². The van der Waals surface area contributed by atoms with Crippen molar-refractivity contribution in [3.63, 3.8) is 0 Å². The van der Waals surface area contributed by atoms with Crippen LogP contribution in [0, 0.1) is 16.7 Å². The van der Waals surface area contributed by atoms with Crippen LogP contribution in [0.5, 0.6) is 0 Å². The Hall–Kier alpha value is -1.12. The second-order valence-corrected chi connectivity index (χ2v) is 8.50. The lowest BCUT2D eigenvalue weighted by molar-refractivity contribution is -0.143. The molecular formula is C23H44N2O3. The van der Waals surface area contributed by atoms with Crippen molar-refractivity contribution >= 4 is 5.97 Å². The first kappa shape index (κ1) is 26.9. The third kappa shape index (κ3) is 18.3. The molecule has 0 radical (unpaired) electrons. The van der Waals surface area contributed by atoms with E-state index in [1.165, 1.54) is 37.2 Å². The van der Waals surface area contributed by atoms with Crippen molar-refractivity contribution in [2.24, 2.45) is 5.41 Å². The van der Waals surface area contributed by atoms with E-state index in [4.69, 9.17) is 10.00 Å². The van der Waals surface area contributed by atoms with Crippen LogP contribution in [0.3, 0.4) is 0 Å². The summed E-state index contributed by atoms with van der Waals surface area (Å²) < 4.78 is 4.92. The topological polar surface area (TPSA) is 73.6 Å². The third-order valence-corrected chi connectivity index (χ3v) is 5.12. The summed E-state index contributed by atoms with van der Waals surface area (Å²) in [6.45, 7) is 7.83. The summed E-state index contributed by atoms with van der Waals surface area (Å²) in [5.74, 6) is -0.0704. The number of hydroxylamine groups is 2. The van der Waals surface area contributed by atoms with Gasteiger partial charge in [0.15, 0.2) is 0 Å². The van der Waals surface area contributed by atoms with Gasteiger partial charge in [0.2, 0.25) is 0 Å². The van der Waals surface area contributed by atoms with Crippen molar-refractivity contribution in [1.82, 2.24) is 5.06 Å². The highest BCUT2D eigenvalue weighted by atomic mass is 16.5. The van der Waals surface area contributed by atoms with Crippen molar-refractivity contribution in [1.29, 1.82) is 5.26 Å². The van der Waals surface area contributed by atoms with Crippen molar-refractivity contribution in [3.05, 3.63) is 0 Å². The van der Waals surface area contributed by atoms with Gasteiger partial charge in [-0.1, -0.05) is 57.8 Å². The number of ether oxygens (including phenoxy) is 1. The number of nitrogens with zero attached hydrogens (tertiary/aromatic N) is 2. The van der Waals surface area contributed by atoms with Crippen molar-refractivity contribution in [2.45, 2.75) is 111 Å². The van der Waals surface area contributed by atoms with Crippen LogP contribution < -0.4 is 0 Å².